The van der Waals surface area contributed by atoms with Crippen molar-refractivity contribution in [1.29, 1.82) is 0 Å². The van der Waals surface area contributed by atoms with Crippen LogP contribution in [0.1, 0.15) is 23.2 Å². The van der Waals surface area contributed by atoms with Gasteiger partial charge in [0.2, 0.25) is 10.0 Å². The summed E-state index contributed by atoms with van der Waals surface area (Å²) in [6, 6.07) is 4.56. The molecule has 0 aliphatic carbocycles. The average molecular weight is 399 g/mol. The third-order valence-corrected chi connectivity index (χ3v) is 6.01. The van der Waals surface area contributed by atoms with E-state index in [4.69, 9.17) is 9.84 Å². The van der Waals surface area contributed by atoms with Crippen molar-refractivity contribution in [2.75, 3.05) is 51.8 Å². The van der Waals surface area contributed by atoms with Gasteiger partial charge in [-0.3, -0.25) is 4.79 Å². The van der Waals surface area contributed by atoms with Gasteiger partial charge in [0.25, 0.3) is 5.91 Å². The molecule has 0 spiro atoms. The molecule has 1 aromatic rings. The number of benzene rings is 1. The molecule has 0 unspecified atom stereocenters. The van der Waals surface area contributed by atoms with E-state index in [1.54, 1.807) is 6.07 Å². The van der Waals surface area contributed by atoms with Crippen LogP contribution in [-0.4, -0.2) is 76.6 Å². The minimum atomic E-state index is -3.67. The number of carboxylic acid groups (broad SMARTS) is 1. The summed E-state index contributed by atoms with van der Waals surface area (Å²) < 4.78 is 30.8. The second kappa shape index (κ2) is 9.16. The zero-order chi connectivity index (χ0) is 20.0. The van der Waals surface area contributed by atoms with Gasteiger partial charge in [0.1, 0.15) is 6.61 Å². The van der Waals surface area contributed by atoms with Gasteiger partial charge < -0.3 is 20.1 Å². The predicted molar refractivity (Wildman–Crippen MR) is 99.5 cm³/mol. The van der Waals surface area contributed by atoms with Crippen LogP contribution in [0.15, 0.2) is 23.1 Å². The normalized spacial score (nSPS) is 14.6. The number of carbonyl (C=O) groups excluding carboxylic acids is 1. The van der Waals surface area contributed by atoms with Crippen molar-refractivity contribution < 1.29 is 27.9 Å². The lowest BCUT2D eigenvalue weighted by Crippen LogP contribution is -2.31. The van der Waals surface area contributed by atoms with Crippen LogP contribution in [0, 0.1) is 0 Å². The van der Waals surface area contributed by atoms with Crippen molar-refractivity contribution in [3.63, 3.8) is 0 Å². The van der Waals surface area contributed by atoms with Gasteiger partial charge in [-0.15, -0.1) is 0 Å². The summed E-state index contributed by atoms with van der Waals surface area (Å²) in [6.07, 6.45) is 2.03. The van der Waals surface area contributed by atoms with Crippen molar-refractivity contribution in [2.45, 2.75) is 17.7 Å². The number of aliphatic carboxylic acids is 1. The van der Waals surface area contributed by atoms with Crippen molar-refractivity contribution in [3.05, 3.63) is 23.8 Å². The second-order valence-electron chi connectivity index (χ2n) is 6.36. The highest BCUT2D eigenvalue weighted by Gasteiger charge is 2.24. The Kier molecular flexibility index (Phi) is 7.17. The number of anilines is 1. The maximum Gasteiger partial charge on any atom is 0.329 e. The van der Waals surface area contributed by atoms with Crippen molar-refractivity contribution in [1.82, 2.24) is 9.62 Å². The summed E-state index contributed by atoms with van der Waals surface area (Å²) >= 11 is 0. The molecule has 1 aliphatic heterocycles. The van der Waals surface area contributed by atoms with Crippen LogP contribution in [0.3, 0.4) is 0 Å². The first-order valence-corrected chi connectivity index (χ1v) is 10.1. The van der Waals surface area contributed by atoms with E-state index >= 15 is 0 Å². The SMILES string of the molecule is CN(C)S(=O)(=O)c1ccc(N2CCCC2)c(C(=O)NCCOCC(=O)O)c1. The van der Waals surface area contributed by atoms with Crippen LogP contribution < -0.4 is 10.2 Å². The summed E-state index contributed by atoms with van der Waals surface area (Å²) in [5, 5.41) is 11.2. The summed E-state index contributed by atoms with van der Waals surface area (Å²) in [7, 11) is -0.799. The lowest BCUT2D eigenvalue weighted by molar-refractivity contribution is -0.142. The summed E-state index contributed by atoms with van der Waals surface area (Å²) in [5.41, 5.74) is 0.965. The highest BCUT2D eigenvalue weighted by molar-refractivity contribution is 7.89. The van der Waals surface area contributed by atoms with E-state index in [0.29, 0.717) is 5.69 Å². The minimum absolute atomic E-state index is 0.0442. The number of rotatable bonds is 9. The largest absolute Gasteiger partial charge is 0.480 e. The number of carbonyl (C=O) groups is 2. The van der Waals surface area contributed by atoms with Gasteiger partial charge in [-0.05, 0) is 31.0 Å². The Morgan fingerprint density at radius 1 is 1.26 bits per heavy atom. The van der Waals surface area contributed by atoms with Crippen LogP contribution in [0.5, 0.6) is 0 Å². The fourth-order valence-electron chi connectivity index (χ4n) is 2.79. The van der Waals surface area contributed by atoms with Crippen LogP contribution in [0.25, 0.3) is 0 Å². The highest BCUT2D eigenvalue weighted by Crippen LogP contribution is 2.28. The van der Waals surface area contributed by atoms with E-state index in [2.05, 4.69) is 10.2 Å². The first-order chi connectivity index (χ1) is 12.7. The van der Waals surface area contributed by atoms with Crippen LogP contribution in [0.4, 0.5) is 5.69 Å². The van der Waals surface area contributed by atoms with Crippen LogP contribution in [0.2, 0.25) is 0 Å². The number of carboxylic acids is 1. The standard InChI is InChI=1S/C17H25N3O6S/c1-19(2)27(24,25)13-5-6-15(20-8-3-4-9-20)14(11-13)17(23)18-7-10-26-12-16(21)22/h5-6,11H,3-4,7-10,12H2,1-2H3,(H,18,23)(H,21,22). The molecule has 9 nitrogen and oxygen atoms in total. The zero-order valence-corrected chi connectivity index (χ0v) is 16.3. The first kappa shape index (κ1) is 21.1. The summed E-state index contributed by atoms with van der Waals surface area (Å²) in [4.78, 5) is 25.2. The topological polar surface area (TPSA) is 116 Å². The van der Waals surface area contributed by atoms with Gasteiger partial charge >= 0.3 is 5.97 Å². The maximum absolute atomic E-state index is 12.7. The molecule has 1 saturated heterocycles. The molecule has 1 aliphatic rings. The molecule has 0 atom stereocenters. The number of hydrogen-bond acceptors (Lipinski definition) is 6. The first-order valence-electron chi connectivity index (χ1n) is 8.62. The molecule has 0 aromatic heterocycles. The van der Waals surface area contributed by atoms with Gasteiger partial charge in [0.15, 0.2) is 0 Å². The van der Waals surface area contributed by atoms with Crippen molar-refractivity contribution >= 4 is 27.6 Å². The lowest BCUT2D eigenvalue weighted by Gasteiger charge is -2.22. The van der Waals surface area contributed by atoms with E-state index in [1.807, 2.05) is 0 Å². The molecule has 27 heavy (non-hydrogen) atoms. The van der Waals surface area contributed by atoms with Gasteiger partial charge in [-0.1, -0.05) is 0 Å². The number of hydrogen-bond donors (Lipinski definition) is 2. The fraction of sp³-hybridized carbons (Fsp3) is 0.529. The van der Waals surface area contributed by atoms with Gasteiger partial charge in [-0.2, -0.15) is 0 Å². The molecule has 0 saturated carbocycles. The molecule has 1 aromatic carbocycles. The Bertz CT molecular complexity index is 788. The third kappa shape index (κ3) is 5.41. The maximum atomic E-state index is 12.7. The molecule has 10 heteroatoms. The smallest absolute Gasteiger partial charge is 0.329 e. The fourth-order valence-corrected chi connectivity index (χ4v) is 3.72. The molecule has 0 bridgehead atoms. The Morgan fingerprint density at radius 2 is 1.93 bits per heavy atom. The molecule has 2 rings (SSSR count). The summed E-state index contributed by atoms with van der Waals surface area (Å²) in [6.45, 7) is 1.35. The lowest BCUT2D eigenvalue weighted by atomic mass is 10.1. The number of amides is 1. The molecular formula is C17H25N3O6S. The van der Waals surface area contributed by atoms with E-state index in [1.165, 1.54) is 26.2 Å². The van der Waals surface area contributed by atoms with Crippen LogP contribution >= 0.6 is 0 Å². The molecule has 1 amide bonds. The summed E-state index contributed by atoms with van der Waals surface area (Å²) in [5.74, 6) is -1.51. The highest BCUT2D eigenvalue weighted by atomic mass is 32.2. The Balaban J connectivity index is 2.21. The third-order valence-electron chi connectivity index (χ3n) is 4.20. The number of sulfonamides is 1. The van der Waals surface area contributed by atoms with Crippen LogP contribution in [-0.2, 0) is 19.6 Å². The molecule has 150 valence electrons. The van der Waals surface area contributed by atoms with Gasteiger partial charge in [0.05, 0.1) is 17.1 Å². The van der Waals surface area contributed by atoms with Gasteiger partial charge in [0, 0.05) is 39.4 Å². The zero-order valence-electron chi connectivity index (χ0n) is 15.5. The van der Waals surface area contributed by atoms with Crippen molar-refractivity contribution in [3.8, 4) is 0 Å². The molecule has 1 heterocycles. The Hall–Kier alpha value is -2.17. The van der Waals surface area contributed by atoms with E-state index in [9.17, 15) is 18.0 Å². The quantitative estimate of drug-likeness (QED) is 0.576. The van der Waals surface area contributed by atoms with Gasteiger partial charge in [-0.25, -0.2) is 17.5 Å². The second-order valence-corrected chi connectivity index (χ2v) is 8.51. The van der Waals surface area contributed by atoms with Crippen molar-refractivity contribution in [2.24, 2.45) is 0 Å². The molecular weight excluding hydrogens is 374 g/mol. The molecule has 2 N–H and O–H groups in total. The van der Waals surface area contributed by atoms with E-state index in [0.717, 1.165) is 30.2 Å². The Morgan fingerprint density at radius 3 is 2.52 bits per heavy atom. The molecule has 1 fully saturated rings. The predicted octanol–water partition coefficient (Wildman–Crippen LogP) is 0.368. The average Bonchev–Trinajstić information content (AvgIpc) is 3.14. The molecule has 0 radical (unpaired) electrons. The number of nitrogens with one attached hydrogen (secondary N) is 1. The number of ether oxygens (including phenoxy) is 1. The number of nitrogens with zero attached hydrogens (tertiary/aromatic N) is 2. The minimum Gasteiger partial charge on any atom is -0.480 e. The Labute approximate surface area is 159 Å². The van der Waals surface area contributed by atoms with E-state index < -0.39 is 28.5 Å². The monoisotopic (exact) mass is 399 g/mol. The van der Waals surface area contributed by atoms with E-state index in [-0.39, 0.29) is 23.6 Å².